The lowest BCUT2D eigenvalue weighted by Gasteiger charge is -2.13. The van der Waals surface area contributed by atoms with Crippen LogP contribution in [0.5, 0.6) is 0 Å². The molecule has 0 aliphatic heterocycles. The van der Waals surface area contributed by atoms with Gasteiger partial charge < -0.3 is 0 Å². The molecule has 2 aromatic rings. The summed E-state index contributed by atoms with van der Waals surface area (Å²) in [6.45, 7) is 18.0. The van der Waals surface area contributed by atoms with E-state index in [-0.39, 0.29) is 0 Å². The van der Waals surface area contributed by atoms with Crippen LogP contribution in [0.15, 0.2) is 36.4 Å². The summed E-state index contributed by atoms with van der Waals surface area (Å²) in [7, 11) is 0. The second-order valence-electron chi connectivity index (χ2n) is 8.65. The van der Waals surface area contributed by atoms with Crippen LogP contribution in [-0.2, 0) is 0 Å². The molecule has 0 spiro atoms. The van der Waals surface area contributed by atoms with Gasteiger partial charge in [-0.05, 0) is 70.2 Å². The highest BCUT2D eigenvalue weighted by atomic mass is 14.1. The molecule has 2 rings (SSSR count). The lowest BCUT2D eigenvalue weighted by Crippen LogP contribution is -1.96. The Kier molecular flexibility index (Phi) is 6.71. The van der Waals surface area contributed by atoms with Gasteiger partial charge in [0, 0.05) is 11.1 Å². The molecule has 0 fully saturated rings. The highest BCUT2D eigenvalue weighted by Gasteiger charge is 2.08. The number of hydrogen-bond donors (Lipinski definition) is 0. The molecule has 0 N–H and O–H groups in total. The molecular weight excluding hydrogens is 312 g/mol. The normalized spacial score (nSPS) is 11.4. The molecule has 2 aromatic carbocycles. The van der Waals surface area contributed by atoms with Crippen molar-refractivity contribution in [2.75, 3.05) is 0 Å². The molecule has 0 unspecified atom stereocenters. The lowest BCUT2D eigenvalue weighted by molar-refractivity contribution is 0.832. The van der Waals surface area contributed by atoms with E-state index < -0.39 is 0 Å². The molecule has 0 aromatic heterocycles. The van der Waals surface area contributed by atoms with Gasteiger partial charge in [-0.15, -0.1) is 0 Å². The Labute approximate surface area is 161 Å². The van der Waals surface area contributed by atoms with Crippen LogP contribution < -0.4 is 0 Å². The summed E-state index contributed by atoms with van der Waals surface area (Å²) in [4.78, 5) is 0. The van der Waals surface area contributed by atoms with Gasteiger partial charge in [-0.2, -0.15) is 0 Å². The molecule has 0 saturated heterocycles. The maximum Gasteiger partial charge on any atom is 0.0254 e. The molecule has 0 nitrogen and oxygen atoms in total. The van der Waals surface area contributed by atoms with E-state index in [1.54, 1.807) is 0 Å². The van der Waals surface area contributed by atoms with Crippen LogP contribution in [0.4, 0.5) is 0 Å². The zero-order chi connectivity index (χ0) is 19.4. The van der Waals surface area contributed by atoms with Gasteiger partial charge in [-0.3, -0.25) is 0 Å². The number of benzene rings is 2. The van der Waals surface area contributed by atoms with Crippen LogP contribution in [0, 0.1) is 11.8 Å². The first-order chi connectivity index (χ1) is 12.2. The van der Waals surface area contributed by atoms with Gasteiger partial charge in [0.15, 0.2) is 0 Å². The van der Waals surface area contributed by atoms with Crippen molar-refractivity contribution < 1.29 is 0 Å². The van der Waals surface area contributed by atoms with E-state index >= 15 is 0 Å². The smallest absolute Gasteiger partial charge is 0.0254 e. The second-order valence-corrected chi connectivity index (χ2v) is 8.65. The molecule has 0 saturated carbocycles. The van der Waals surface area contributed by atoms with Crippen LogP contribution in [-0.4, -0.2) is 0 Å². The minimum Gasteiger partial charge on any atom is -0.0616 e. The molecule has 0 heterocycles. The maximum absolute atomic E-state index is 3.43. The Hall–Kier alpha value is -2.00. The summed E-state index contributed by atoms with van der Waals surface area (Å²) in [6, 6.07) is 13.7. The molecule has 0 radical (unpaired) electrons. The van der Waals surface area contributed by atoms with Crippen molar-refractivity contribution in [1.82, 2.24) is 0 Å². The first-order valence-corrected chi connectivity index (χ1v) is 9.99. The molecule has 138 valence electrons. The van der Waals surface area contributed by atoms with Gasteiger partial charge in [0.25, 0.3) is 0 Å². The topological polar surface area (TPSA) is 0 Å². The Morgan fingerprint density at radius 3 is 0.846 bits per heavy atom. The summed E-state index contributed by atoms with van der Waals surface area (Å²) in [6.07, 6.45) is 0. The summed E-state index contributed by atoms with van der Waals surface area (Å²) < 4.78 is 0. The first kappa shape index (κ1) is 20.3. The molecule has 26 heavy (non-hydrogen) atoms. The van der Waals surface area contributed by atoms with Gasteiger partial charge in [-0.1, -0.05) is 79.4 Å². The Balaban J connectivity index is 2.48. The SMILES string of the molecule is CC(C)c1cc(C#Cc2cc(C(C)C)cc(C(C)C)c2)cc(C(C)C)c1. The standard InChI is InChI=1S/C26H34/c1-17(2)23-11-21(12-24(15-23)18(3)4)9-10-22-13-25(19(5)6)16-26(14-22)20(7)8/h11-20H,1-8H3. The van der Waals surface area contributed by atoms with E-state index in [0.717, 1.165) is 11.1 Å². The van der Waals surface area contributed by atoms with Gasteiger partial charge in [0.05, 0.1) is 0 Å². The van der Waals surface area contributed by atoms with E-state index in [1.807, 2.05) is 0 Å². The van der Waals surface area contributed by atoms with Gasteiger partial charge >= 0.3 is 0 Å². The third kappa shape index (κ3) is 5.25. The summed E-state index contributed by atoms with van der Waals surface area (Å²) in [5, 5.41) is 0. The van der Waals surface area contributed by atoms with Crippen LogP contribution in [0.3, 0.4) is 0 Å². The van der Waals surface area contributed by atoms with Crippen molar-refractivity contribution in [2.45, 2.75) is 79.1 Å². The zero-order valence-corrected chi connectivity index (χ0v) is 17.8. The van der Waals surface area contributed by atoms with Crippen molar-refractivity contribution in [3.63, 3.8) is 0 Å². The van der Waals surface area contributed by atoms with Crippen LogP contribution in [0.25, 0.3) is 0 Å². The molecule has 0 aliphatic rings. The molecule has 0 heteroatoms. The largest absolute Gasteiger partial charge is 0.0616 e. The van der Waals surface area contributed by atoms with Crippen LogP contribution in [0.2, 0.25) is 0 Å². The van der Waals surface area contributed by atoms with Crippen molar-refractivity contribution in [2.24, 2.45) is 0 Å². The molecule has 0 atom stereocenters. The molecular formula is C26H34. The van der Waals surface area contributed by atoms with Gasteiger partial charge in [0.1, 0.15) is 0 Å². The lowest BCUT2D eigenvalue weighted by atomic mass is 9.92. The first-order valence-electron chi connectivity index (χ1n) is 9.99. The van der Waals surface area contributed by atoms with Crippen molar-refractivity contribution in [3.8, 4) is 11.8 Å². The van der Waals surface area contributed by atoms with E-state index in [1.165, 1.54) is 22.3 Å². The van der Waals surface area contributed by atoms with E-state index in [0.29, 0.717) is 23.7 Å². The molecule has 0 amide bonds. The Morgan fingerprint density at radius 2 is 0.654 bits per heavy atom. The predicted molar refractivity (Wildman–Crippen MR) is 115 cm³/mol. The van der Waals surface area contributed by atoms with Gasteiger partial charge in [0.2, 0.25) is 0 Å². The van der Waals surface area contributed by atoms with Crippen molar-refractivity contribution >= 4 is 0 Å². The minimum atomic E-state index is 0.520. The number of hydrogen-bond acceptors (Lipinski definition) is 0. The van der Waals surface area contributed by atoms with Crippen LogP contribution in [0.1, 0.15) is 112 Å². The zero-order valence-electron chi connectivity index (χ0n) is 17.8. The third-order valence-electron chi connectivity index (χ3n) is 4.97. The maximum atomic E-state index is 3.43. The van der Waals surface area contributed by atoms with Crippen molar-refractivity contribution in [3.05, 3.63) is 69.8 Å². The van der Waals surface area contributed by atoms with Gasteiger partial charge in [-0.25, -0.2) is 0 Å². The van der Waals surface area contributed by atoms with Crippen molar-refractivity contribution in [1.29, 1.82) is 0 Å². The Morgan fingerprint density at radius 1 is 0.423 bits per heavy atom. The summed E-state index contributed by atoms with van der Waals surface area (Å²) >= 11 is 0. The fourth-order valence-corrected chi connectivity index (χ4v) is 2.98. The minimum absolute atomic E-state index is 0.520. The van der Waals surface area contributed by atoms with Crippen LogP contribution >= 0.6 is 0 Å². The highest BCUT2D eigenvalue weighted by molar-refractivity contribution is 5.49. The fourth-order valence-electron chi connectivity index (χ4n) is 2.98. The summed E-state index contributed by atoms with van der Waals surface area (Å²) in [5.41, 5.74) is 7.75. The third-order valence-corrected chi connectivity index (χ3v) is 4.97. The second kappa shape index (κ2) is 8.59. The monoisotopic (exact) mass is 346 g/mol. The fraction of sp³-hybridized carbons (Fsp3) is 0.462. The Bertz CT molecular complexity index is 688. The quantitative estimate of drug-likeness (QED) is 0.500. The number of rotatable bonds is 4. The highest BCUT2D eigenvalue weighted by Crippen LogP contribution is 2.25. The van der Waals surface area contributed by atoms with E-state index in [9.17, 15) is 0 Å². The average molecular weight is 347 g/mol. The molecule has 0 bridgehead atoms. The predicted octanol–water partition coefficient (Wildman–Crippen LogP) is 7.58. The molecule has 0 aliphatic carbocycles. The van der Waals surface area contributed by atoms with E-state index in [4.69, 9.17) is 0 Å². The van der Waals surface area contributed by atoms with E-state index in [2.05, 4.69) is 104 Å². The average Bonchev–Trinajstić information content (AvgIpc) is 2.59. The summed E-state index contributed by atoms with van der Waals surface area (Å²) in [5.74, 6) is 8.95.